The molecule has 45 heavy (non-hydrogen) atoms. The molecule has 3 aliphatic rings. The van der Waals surface area contributed by atoms with E-state index < -0.39 is 0 Å². The molecule has 5 nitrogen and oxygen atoms in total. The third-order valence-corrected chi connectivity index (χ3v) is 11.2. The van der Waals surface area contributed by atoms with Crippen molar-refractivity contribution < 1.29 is 9.59 Å². The lowest BCUT2D eigenvalue weighted by molar-refractivity contribution is -0.133. The highest BCUT2D eigenvalue weighted by molar-refractivity contribution is 8.04. The Morgan fingerprint density at radius 2 is 1.64 bits per heavy atom. The molecule has 2 aliphatic heterocycles. The molecule has 3 fully saturated rings. The highest BCUT2D eigenvalue weighted by Crippen LogP contribution is 2.44. The summed E-state index contributed by atoms with van der Waals surface area (Å²) in [5.41, 5.74) is 4.84. The van der Waals surface area contributed by atoms with Gasteiger partial charge < -0.3 is 15.1 Å². The predicted molar refractivity (Wildman–Crippen MR) is 186 cm³/mol. The first kappa shape index (κ1) is 31.6. The van der Waals surface area contributed by atoms with Crippen molar-refractivity contribution >= 4 is 29.7 Å². The fraction of sp³-hybridized carbons (Fsp3) is 0.436. The average molecular weight is 622 g/mol. The molecule has 1 saturated carbocycles. The largest absolute Gasteiger partial charge is 0.356 e. The van der Waals surface area contributed by atoms with Crippen LogP contribution in [0.2, 0.25) is 0 Å². The summed E-state index contributed by atoms with van der Waals surface area (Å²) in [6.07, 6.45) is 9.26. The topological polar surface area (TPSA) is 52.7 Å². The van der Waals surface area contributed by atoms with Crippen LogP contribution in [0.15, 0.2) is 89.8 Å². The van der Waals surface area contributed by atoms with Crippen molar-refractivity contribution in [2.24, 2.45) is 11.8 Å². The van der Waals surface area contributed by atoms with Gasteiger partial charge in [-0.2, -0.15) is 0 Å². The smallest absolute Gasteiger partial charge is 0.260 e. The fourth-order valence-corrected chi connectivity index (χ4v) is 8.76. The molecule has 3 aromatic rings. The third-order valence-electron chi connectivity index (χ3n) is 9.83. The molecule has 1 N–H and O–H groups in total. The van der Waals surface area contributed by atoms with Gasteiger partial charge in [0.25, 0.3) is 5.91 Å². The first-order chi connectivity index (χ1) is 22.0. The molecule has 0 bridgehead atoms. The summed E-state index contributed by atoms with van der Waals surface area (Å²) in [6.45, 7) is 6.74. The number of amides is 2. The maximum absolute atomic E-state index is 14.0. The van der Waals surface area contributed by atoms with Crippen LogP contribution in [0.3, 0.4) is 0 Å². The van der Waals surface area contributed by atoms with Crippen molar-refractivity contribution in [3.8, 4) is 0 Å². The zero-order valence-corrected chi connectivity index (χ0v) is 27.4. The van der Waals surface area contributed by atoms with E-state index in [-0.39, 0.29) is 23.8 Å². The number of rotatable bonds is 10. The number of nitrogens with one attached hydrogen (secondary N) is 1. The van der Waals surface area contributed by atoms with Gasteiger partial charge in [-0.1, -0.05) is 90.5 Å². The molecule has 2 amide bonds. The average Bonchev–Trinajstić information content (AvgIpc) is 3.06. The number of benzene rings is 3. The minimum atomic E-state index is -0.0481. The number of thioether (sulfide) groups is 1. The summed E-state index contributed by atoms with van der Waals surface area (Å²) in [5, 5.41) is 3.57. The number of carbonyl (C=O) groups is 2. The Bertz CT molecular complexity index is 1450. The molecule has 2 heterocycles. The minimum Gasteiger partial charge on any atom is -0.356 e. The van der Waals surface area contributed by atoms with Crippen molar-refractivity contribution in [1.29, 1.82) is 0 Å². The third kappa shape index (κ3) is 8.47. The minimum absolute atomic E-state index is 0.0481. The molecule has 6 rings (SSSR count). The summed E-state index contributed by atoms with van der Waals surface area (Å²) in [7, 11) is 0. The lowest BCUT2D eigenvalue weighted by Crippen LogP contribution is -2.53. The Hall–Kier alpha value is -3.35. The molecule has 0 radical (unpaired) electrons. The van der Waals surface area contributed by atoms with E-state index in [0.717, 1.165) is 73.8 Å². The van der Waals surface area contributed by atoms with Gasteiger partial charge >= 0.3 is 0 Å². The van der Waals surface area contributed by atoms with Crippen LogP contribution in [0.4, 0.5) is 0 Å². The number of nitrogens with zero attached hydrogens (tertiary/aromatic N) is 2. The molecular weight excluding hydrogens is 575 g/mol. The number of piperidine rings is 1. The maximum Gasteiger partial charge on any atom is 0.260 e. The molecular formula is C39H47N3O2S. The standard InChI is InChI=1S/C39H47N3O2S/c1-29-10-8-15-33(24-29)28-42-35-27-34(16-17-36(35)45-37(39(42)44)26-31-13-6-3-7-14-31)38(43)40-20-9-21-41-22-18-32(19-23-41)25-30-11-4-2-5-12-30/h2-8,10-15,24,26,32,34-36H,9,16-23,25,27-28H2,1H3,(H,40,43)/b37-26-. The number of likely N-dealkylation sites (tertiary alicyclic amines) is 1. The number of aryl methyl sites for hydroxylation is 1. The van der Waals surface area contributed by atoms with Gasteiger partial charge in [0.15, 0.2) is 0 Å². The first-order valence-electron chi connectivity index (χ1n) is 16.9. The van der Waals surface area contributed by atoms with Gasteiger partial charge in [-0.25, -0.2) is 0 Å². The van der Waals surface area contributed by atoms with Gasteiger partial charge in [-0.05, 0) is 100 Å². The van der Waals surface area contributed by atoms with Crippen LogP contribution in [-0.2, 0) is 22.6 Å². The monoisotopic (exact) mass is 621 g/mol. The van der Waals surface area contributed by atoms with Gasteiger partial charge in [-0.15, -0.1) is 11.8 Å². The summed E-state index contributed by atoms with van der Waals surface area (Å²) in [5.74, 6) is 0.973. The van der Waals surface area contributed by atoms with Gasteiger partial charge in [0.2, 0.25) is 5.91 Å². The highest BCUT2D eigenvalue weighted by Gasteiger charge is 2.44. The van der Waals surface area contributed by atoms with Crippen LogP contribution < -0.4 is 5.32 Å². The molecule has 2 saturated heterocycles. The van der Waals surface area contributed by atoms with Crippen molar-refractivity contribution in [2.75, 3.05) is 26.2 Å². The molecule has 1 aliphatic carbocycles. The summed E-state index contributed by atoms with van der Waals surface area (Å²) in [4.78, 5) is 32.8. The van der Waals surface area contributed by atoms with Crippen molar-refractivity contribution in [3.05, 3.63) is 112 Å². The molecule has 0 aromatic heterocycles. The van der Waals surface area contributed by atoms with Crippen LogP contribution in [0.5, 0.6) is 0 Å². The van der Waals surface area contributed by atoms with Gasteiger partial charge in [0.05, 0.1) is 4.91 Å². The van der Waals surface area contributed by atoms with E-state index in [0.29, 0.717) is 11.8 Å². The Kier molecular flexibility index (Phi) is 10.7. The van der Waals surface area contributed by atoms with Crippen LogP contribution in [0, 0.1) is 18.8 Å². The van der Waals surface area contributed by atoms with E-state index in [1.807, 2.05) is 36.4 Å². The maximum atomic E-state index is 14.0. The van der Waals surface area contributed by atoms with Crippen LogP contribution >= 0.6 is 11.8 Å². The number of hydrogen-bond acceptors (Lipinski definition) is 4. The zero-order chi connectivity index (χ0) is 31.0. The number of fused-ring (bicyclic) bond motifs is 1. The van der Waals surface area contributed by atoms with Crippen molar-refractivity contribution in [2.45, 2.75) is 69.7 Å². The van der Waals surface area contributed by atoms with Crippen molar-refractivity contribution in [1.82, 2.24) is 15.1 Å². The molecule has 3 unspecified atom stereocenters. The molecule has 6 heteroatoms. The highest BCUT2D eigenvalue weighted by atomic mass is 32.2. The summed E-state index contributed by atoms with van der Waals surface area (Å²) < 4.78 is 0. The predicted octanol–water partition coefficient (Wildman–Crippen LogP) is 7.11. The SMILES string of the molecule is Cc1cccc(CN2C(=O)/C(=C/c3ccccc3)SC3CCC(C(=O)NCCCN4CCC(Cc5ccccc5)CC4)CC32)c1. The van der Waals surface area contributed by atoms with E-state index in [9.17, 15) is 9.59 Å². The lowest BCUT2D eigenvalue weighted by atomic mass is 9.83. The second-order valence-electron chi connectivity index (χ2n) is 13.2. The van der Waals surface area contributed by atoms with Gasteiger partial charge in [0.1, 0.15) is 0 Å². The van der Waals surface area contributed by atoms with Gasteiger partial charge in [-0.3, -0.25) is 9.59 Å². The first-order valence-corrected chi connectivity index (χ1v) is 17.7. The van der Waals surface area contributed by atoms with Crippen LogP contribution in [0.1, 0.15) is 60.8 Å². The molecule has 236 valence electrons. The van der Waals surface area contributed by atoms with E-state index in [4.69, 9.17) is 0 Å². The Balaban J connectivity index is 1.01. The van der Waals surface area contributed by atoms with E-state index in [1.54, 1.807) is 11.8 Å². The Labute approximate surface area is 273 Å². The van der Waals surface area contributed by atoms with E-state index >= 15 is 0 Å². The van der Waals surface area contributed by atoms with Crippen molar-refractivity contribution in [3.63, 3.8) is 0 Å². The van der Waals surface area contributed by atoms with E-state index in [2.05, 4.69) is 76.6 Å². The Morgan fingerprint density at radius 3 is 2.40 bits per heavy atom. The van der Waals surface area contributed by atoms with Crippen LogP contribution in [-0.4, -0.2) is 59.1 Å². The zero-order valence-electron chi connectivity index (χ0n) is 26.6. The molecule has 3 aromatic carbocycles. The summed E-state index contributed by atoms with van der Waals surface area (Å²) in [6, 6.07) is 29.5. The second kappa shape index (κ2) is 15.3. The number of hydrogen-bond donors (Lipinski definition) is 1. The van der Waals surface area contributed by atoms with E-state index in [1.165, 1.54) is 30.4 Å². The number of carbonyl (C=O) groups excluding carboxylic acids is 2. The summed E-state index contributed by atoms with van der Waals surface area (Å²) >= 11 is 1.72. The lowest BCUT2D eigenvalue weighted by Gasteiger charge is -2.46. The fourth-order valence-electron chi connectivity index (χ4n) is 7.34. The quantitative estimate of drug-likeness (QED) is 0.194. The van der Waals surface area contributed by atoms with Gasteiger partial charge in [0, 0.05) is 30.3 Å². The molecule has 0 spiro atoms. The second-order valence-corrected chi connectivity index (χ2v) is 14.5. The molecule has 3 atom stereocenters. The van der Waals surface area contributed by atoms with Crippen LogP contribution in [0.25, 0.3) is 6.08 Å². The Morgan fingerprint density at radius 1 is 0.911 bits per heavy atom. The normalized spacial score (nSPS) is 23.6.